The maximum Gasteiger partial charge on any atom is 0.125 e. The molecule has 2 aromatic rings. The Kier molecular flexibility index (Phi) is 10.6. The molecule has 0 spiro atoms. The fraction of sp³-hybridized carbons (Fsp3) is 0.538. The average molecular weight is 466 g/mol. The highest BCUT2D eigenvalue weighted by atomic mass is 35.5. The van der Waals surface area contributed by atoms with Gasteiger partial charge in [-0.15, -0.1) is 24.8 Å². The number of piperazine rings is 1. The first-order chi connectivity index (χ1) is 14.2. The normalized spacial score (nSPS) is 18.5. The molecule has 2 aliphatic rings. The summed E-state index contributed by atoms with van der Waals surface area (Å²) < 4.78 is 6.26. The molecule has 2 aromatic carbocycles. The highest BCUT2D eigenvalue weighted by molar-refractivity contribution is 5.85. The van der Waals surface area contributed by atoms with E-state index >= 15 is 0 Å². The van der Waals surface area contributed by atoms with Gasteiger partial charge in [0.05, 0.1) is 0 Å². The van der Waals surface area contributed by atoms with E-state index in [1.807, 2.05) is 0 Å². The molecule has 1 aliphatic carbocycles. The zero-order valence-electron chi connectivity index (χ0n) is 18.9. The summed E-state index contributed by atoms with van der Waals surface area (Å²) in [7, 11) is 0. The lowest BCUT2D eigenvalue weighted by Gasteiger charge is -2.41. The predicted molar refractivity (Wildman–Crippen MR) is 135 cm³/mol. The van der Waals surface area contributed by atoms with E-state index in [0.717, 1.165) is 37.8 Å². The van der Waals surface area contributed by atoms with Crippen LogP contribution in [0.3, 0.4) is 0 Å². The molecule has 2 fully saturated rings. The van der Waals surface area contributed by atoms with Gasteiger partial charge >= 0.3 is 0 Å². The lowest BCUT2D eigenvalue weighted by Crippen LogP contribution is -2.47. The molecule has 1 saturated heterocycles. The summed E-state index contributed by atoms with van der Waals surface area (Å²) >= 11 is 0. The summed E-state index contributed by atoms with van der Waals surface area (Å²) in [6.07, 6.45) is 6.94. The van der Waals surface area contributed by atoms with E-state index in [2.05, 4.69) is 66.5 Å². The number of halogens is 2. The Morgan fingerprint density at radius 3 is 2.16 bits per heavy atom. The molecule has 172 valence electrons. The van der Waals surface area contributed by atoms with Gasteiger partial charge < -0.3 is 10.1 Å². The largest absolute Gasteiger partial charge is 0.488 e. The third-order valence-electron chi connectivity index (χ3n) is 6.69. The minimum Gasteiger partial charge on any atom is -0.488 e. The van der Waals surface area contributed by atoms with Crippen LogP contribution in [-0.2, 0) is 6.61 Å². The Morgan fingerprint density at radius 2 is 1.55 bits per heavy atom. The quantitative estimate of drug-likeness (QED) is 0.546. The number of rotatable bonds is 6. The number of hydrogen-bond donors (Lipinski definition) is 1. The number of nitrogens with zero attached hydrogens (tertiary/aromatic N) is 1. The van der Waals surface area contributed by atoms with Gasteiger partial charge in [-0.2, -0.15) is 0 Å². The minimum absolute atomic E-state index is 0. The lowest BCUT2D eigenvalue weighted by atomic mass is 9.79. The summed E-state index contributed by atoms with van der Waals surface area (Å²) in [5.74, 6) is 1.84. The zero-order valence-corrected chi connectivity index (χ0v) is 20.6. The van der Waals surface area contributed by atoms with Gasteiger partial charge in [0.15, 0.2) is 0 Å². The van der Waals surface area contributed by atoms with E-state index in [4.69, 9.17) is 4.74 Å². The van der Waals surface area contributed by atoms with E-state index in [1.54, 1.807) is 0 Å². The van der Waals surface area contributed by atoms with Crippen molar-refractivity contribution in [2.24, 2.45) is 5.92 Å². The number of ether oxygens (including phenoxy) is 1. The average Bonchev–Trinajstić information content (AvgIpc) is 2.76. The Labute approximate surface area is 200 Å². The number of nitrogens with one attached hydrogen (secondary N) is 1. The molecule has 1 saturated carbocycles. The zero-order chi connectivity index (χ0) is 20.1. The van der Waals surface area contributed by atoms with Crippen LogP contribution >= 0.6 is 24.8 Å². The molecule has 4 rings (SSSR count). The Hall–Kier alpha value is -1.26. The molecular weight excluding hydrogens is 427 g/mol. The van der Waals surface area contributed by atoms with Crippen molar-refractivity contribution in [2.75, 3.05) is 26.2 Å². The van der Waals surface area contributed by atoms with Gasteiger partial charge in [-0.05, 0) is 54.9 Å². The number of benzene rings is 2. The predicted octanol–water partition coefficient (Wildman–Crippen LogP) is 6.25. The highest BCUT2D eigenvalue weighted by Gasteiger charge is 2.31. The van der Waals surface area contributed by atoms with Crippen molar-refractivity contribution in [1.82, 2.24) is 10.2 Å². The fourth-order valence-corrected chi connectivity index (χ4v) is 5.30. The third-order valence-corrected chi connectivity index (χ3v) is 6.69. The van der Waals surface area contributed by atoms with Gasteiger partial charge in [-0.3, -0.25) is 4.90 Å². The van der Waals surface area contributed by atoms with E-state index < -0.39 is 0 Å². The molecule has 0 aromatic heterocycles. The van der Waals surface area contributed by atoms with Gasteiger partial charge in [-0.25, -0.2) is 0 Å². The Bertz CT molecular complexity index is 746. The molecule has 0 radical (unpaired) electrons. The third kappa shape index (κ3) is 6.61. The minimum atomic E-state index is 0. The van der Waals surface area contributed by atoms with E-state index in [-0.39, 0.29) is 24.8 Å². The second kappa shape index (κ2) is 12.7. The molecule has 1 heterocycles. The summed E-state index contributed by atoms with van der Waals surface area (Å²) in [5, 5.41) is 3.53. The first-order valence-corrected chi connectivity index (χ1v) is 11.4. The van der Waals surface area contributed by atoms with Crippen molar-refractivity contribution in [3.05, 3.63) is 64.7 Å². The fourth-order valence-electron chi connectivity index (χ4n) is 5.30. The summed E-state index contributed by atoms with van der Waals surface area (Å²) in [6, 6.07) is 15.8. The molecule has 1 atom stereocenters. The lowest BCUT2D eigenvalue weighted by molar-refractivity contribution is 0.103. The van der Waals surface area contributed by atoms with Gasteiger partial charge in [-0.1, -0.05) is 61.7 Å². The standard InChI is InChI=1S/C26H36N2O.2ClH/c1-20-17-24(18-21(2)26(20)29-19-22-9-5-3-6-10-22)25(23-11-7-4-8-12-23)28-15-13-27-14-16-28;;/h3,5-6,9-10,17-18,23,25,27H,4,7-8,11-16,19H2,1-2H3;2*1H/t25-;;/m1../s1. The van der Waals surface area contributed by atoms with Crippen molar-refractivity contribution in [2.45, 2.75) is 58.6 Å². The maximum atomic E-state index is 6.26. The molecule has 0 bridgehead atoms. The van der Waals surface area contributed by atoms with Crippen LogP contribution in [0.15, 0.2) is 42.5 Å². The SMILES string of the molecule is Cc1cc([C@@H](C2CCCCC2)N2CCNCC2)cc(C)c1OCc1ccccc1.Cl.Cl. The number of aryl methyl sites for hydroxylation is 2. The smallest absolute Gasteiger partial charge is 0.125 e. The molecule has 0 amide bonds. The first kappa shape index (κ1) is 26.0. The van der Waals surface area contributed by atoms with Gasteiger partial charge in [0, 0.05) is 32.2 Å². The first-order valence-electron chi connectivity index (χ1n) is 11.4. The van der Waals surface area contributed by atoms with Crippen LogP contribution in [0.4, 0.5) is 0 Å². The molecular formula is C26H38Cl2N2O. The Balaban J connectivity index is 0.00000171. The van der Waals surface area contributed by atoms with Crippen molar-refractivity contribution in [1.29, 1.82) is 0 Å². The Morgan fingerprint density at radius 1 is 0.935 bits per heavy atom. The topological polar surface area (TPSA) is 24.5 Å². The summed E-state index contributed by atoms with van der Waals surface area (Å²) in [6.45, 7) is 9.60. The second-order valence-electron chi connectivity index (χ2n) is 8.89. The van der Waals surface area contributed by atoms with Gasteiger partial charge in [0.1, 0.15) is 12.4 Å². The van der Waals surface area contributed by atoms with Crippen molar-refractivity contribution in [3.63, 3.8) is 0 Å². The van der Waals surface area contributed by atoms with Crippen molar-refractivity contribution in [3.8, 4) is 5.75 Å². The molecule has 1 aliphatic heterocycles. The van der Waals surface area contributed by atoms with Gasteiger partial charge in [0.25, 0.3) is 0 Å². The van der Waals surface area contributed by atoms with Crippen LogP contribution < -0.4 is 10.1 Å². The number of hydrogen-bond acceptors (Lipinski definition) is 3. The molecule has 0 unspecified atom stereocenters. The van der Waals surface area contributed by atoms with Crippen molar-refractivity contribution < 1.29 is 4.74 Å². The van der Waals surface area contributed by atoms with Crippen LogP contribution in [0, 0.1) is 19.8 Å². The summed E-state index contributed by atoms with van der Waals surface area (Å²) in [4.78, 5) is 2.74. The molecule has 31 heavy (non-hydrogen) atoms. The van der Waals surface area contributed by atoms with Crippen LogP contribution in [-0.4, -0.2) is 31.1 Å². The highest BCUT2D eigenvalue weighted by Crippen LogP contribution is 2.40. The molecule has 5 heteroatoms. The van der Waals surface area contributed by atoms with Crippen molar-refractivity contribution >= 4 is 24.8 Å². The summed E-state index contributed by atoms with van der Waals surface area (Å²) in [5.41, 5.74) is 5.26. The molecule has 1 N–H and O–H groups in total. The molecule has 3 nitrogen and oxygen atoms in total. The maximum absolute atomic E-state index is 6.26. The monoisotopic (exact) mass is 464 g/mol. The second-order valence-corrected chi connectivity index (χ2v) is 8.89. The van der Waals surface area contributed by atoms with Crippen LogP contribution in [0.25, 0.3) is 0 Å². The van der Waals surface area contributed by atoms with Crippen LogP contribution in [0.5, 0.6) is 5.75 Å². The van der Waals surface area contributed by atoms with E-state index in [9.17, 15) is 0 Å². The van der Waals surface area contributed by atoms with Gasteiger partial charge in [0.2, 0.25) is 0 Å². The van der Waals surface area contributed by atoms with Crippen LogP contribution in [0.2, 0.25) is 0 Å². The van der Waals surface area contributed by atoms with E-state index in [0.29, 0.717) is 12.6 Å². The van der Waals surface area contributed by atoms with Crippen LogP contribution in [0.1, 0.15) is 60.4 Å². The van der Waals surface area contributed by atoms with E-state index in [1.165, 1.54) is 54.4 Å².